The second-order valence-corrected chi connectivity index (χ2v) is 29.4. The molecular formula is C73H103F2N9O13. The van der Waals surface area contributed by atoms with Crippen molar-refractivity contribution in [3.63, 3.8) is 0 Å². The van der Waals surface area contributed by atoms with Crippen molar-refractivity contribution >= 4 is 47.7 Å². The molecule has 4 aromatic rings. The number of nitrogens with one attached hydrogen (secondary N) is 2. The van der Waals surface area contributed by atoms with Crippen molar-refractivity contribution in [1.29, 1.82) is 0 Å². The van der Waals surface area contributed by atoms with Crippen molar-refractivity contribution in [2.24, 2.45) is 16.6 Å². The number of Topliss-reactive ketones (excluding diaryl/α,β-unsaturated/α-hetero) is 1. The third-order valence-electron chi connectivity index (χ3n) is 17.4. The Morgan fingerprint density at radius 1 is 0.577 bits per heavy atom. The van der Waals surface area contributed by atoms with E-state index in [1.807, 2.05) is 111 Å². The molecule has 4 heterocycles. The summed E-state index contributed by atoms with van der Waals surface area (Å²) in [7, 11) is 4.83. The lowest BCUT2D eigenvalue weighted by Crippen LogP contribution is -2.60. The Hall–Kier alpha value is -8.06. The first-order valence-corrected chi connectivity index (χ1v) is 33.1. The minimum Gasteiger partial charge on any atom is -0.445 e. The number of rotatable bonds is 18. The molecule has 532 valence electrons. The Labute approximate surface area is 571 Å². The van der Waals surface area contributed by atoms with E-state index in [-0.39, 0.29) is 97.6 Å². The van der Waals surface area contributed by atoms with E-state index >= 15 is 0 Å². The minimum absolute atomic E-state index is 0.0512. The van der Waals surface area contributed by atoms with Gasteiger partial charge in [0.25, 0.3) is 0 Å². The molecule has 4 saturated heterocycles. The van der Waals surface area contributed by atoms with Crippen LogP contribution in [0.25, 0.3) is 0 Å². The van der Waals surface area contributed by atoms with Crippen LogP contribution in [0.3, 0.4) is 0 Å². The van der Waals surface area contributed by atoms with Crippen LogP contribution in [0.15, 0.2) is 109 Å². The molecular weight excluding hydrogens is 1250 g/mol. The number of likely N-dealkylation sites (tertiary alicyclic amines) is 4. The van der Waals surface area contributed by atoms with Gasteiger partial charge in [0.15, 0.2) is 5.78 Å². The fourth-order valence-electron chi connectivity index (χ4n) is 11.7. The van der Waals surface area contributed by atoms with E-state index in [4.69, 9.17) is 29.4 Å². The zero-order chi connectivity index (χ0) is 72.1. The number of benzene rings is 4. The molecule has 8 rings (SSSR count). The lowest BCUT2D eigenvalue weighted by atomic mass is 9.85. The standard InChI is InChI=1S/C36H49FN4O7.C24H36FN3O4.C13H18N2O2/c1-23(39(8)33(44)47-22-24-12-10-9-11-13-24)31(42)38-30(35(2,3)4)32(43)40-19-18-27-29(40)28(20-41(27)34(45)48-36(5,6)7)46-21-25-14-16-26(37)17-15-25;1-23(2,3)20(26)21(29)27-12-11-17-19(27)18(13-28(17)22(30)32-24(4,5)6)31-14-15-7-9-16(25)10-8-15;1-10(14-2)13(17)15(3)9-12(16)11-7-5-4-6-8-11/h9-17,23,27-30H,18-22H2,1-8H3,(H,38,42);7-10,17-20H,11-14,26H2,1-6H3;4-8,10,14H,9H2,1-3H3/t23-,27+,28-,29-,30+;17-,18+,19+,20-;/m01./s1. The Kier molecular flexibility index (Phi) is 26.9. The van der Waals surface area contributed by atoms with Gasteiger partial charge in [-0.05, 0) is 127 Å². The van der Waals surface area contributed by atoms with Gasteiger partial charge in [0.1, 0.15) is 41.5 Å². The molecule has 24 heteroatoms. The van der Waals surface area contributed by atoms with E-state index in [9.17, 15) is 47.1 Å². The number of ketones is 1. The maximum absolute atomic E-state index is 14.4. The first-order chi connectivity index (χ1) is 45.3. The quantitative estimate of drug-likeness (QED) is 0.0620. The number of fused-ring (bicyclic) bond motifs is 2. The van der Waals surface area contributed by atoms with Gasteiger partial charge in [0, 0.05) is 32.7 Å². The highest BCUT2D eigenvalue weighted by Gasteiger charge is 2.56. The number of carbonyl (C=O) groups excluding carboxylic acids is 8. The van der Waals surface area contributed by atoms with Gasteiger partial charge >= 0.3 is 18.3 Å². The summed E-state index contributed by atoms with van der Waals surface area (Å²) < 4.78 is 56.0. The molecule has 0 spiro atoms. The zero-order valence-electron chi connectivity index (χ0n) is 59.6. The monoisotopic (exact) mass is 1350 g/mol. The first kappa shape index (κ1) is 77.9. The van der Waals surface area contributed by atoms with Gasteiger partial charge in [-0.25, -0.2) is 23.2 Å². The fourth-order valence-corrected chi connectivity index (χ4v) is 11.7. The molecule has 97 heavy (non-hydrogen) atoms. The summed E-state index contributed by atoms with van der Waals surface area (Å²) in [6.07, 6.45) is -1.37. The summed E-state index contributed by atoms with van der Waals surface area (Å²) in [5, 5.41) is 5.76. The number of carbonyl (C=O) groups is 8. The topological polar surface area (TPSA) is 252 Å². The molecule has 22 nitrogen and oxygen atoms in total. The van der Waals surface area contributed by atoms with Crippen LogP contribution in [0.4, 0.5) is 23.2 Å². The van der Waals surface area contributed by atoms with Crippen molar-refractivity contribution in [2.45, 2.75) is 201 Å². The Bertz CT molecular complexity index is 3300. The highest BCUT2D eigenvalue weighted by Crippen LogP contribution is 2.39. The molecule has 7 amide bonds. The lowest BCUT2D eigenvalue weighted by Gasteiger charge is -2.37. The van der Waals surface area contributed by atoms with Crippen molar-refractivity contribution in [2.75, 3.05) is 53.9 Å². The summed E-state index contributed by atoms with van der Waals surface area (Å²) in [6.45, 7) is 27.5. The number of amides is 7. The van der Waals surface area contributed by atoms with Gasteiger partial charge in [0.2, 0.25) is 23.6 Å². The highest BCUT2D eigenvalue weighted by molar-refractivity contribution is 5.99. The molecule has 0 aromatic heterocycles. The molecule has 4 aromatic carbocycles. The Balaban J connectivity index is 0.000000259. The average Bonchev–Trinajstić information content (AvgIpc) is 1.61. The first-order valence-electron chi connectivity index (χ1n) is 33.1. The van der Waals surface area contributed by atoms with E-state index in [0.717, 1.165) is 16.7 Å². The third kappa shape index (κ3) is 21.7. The lowest BCUT2D eigenvalue weighted by molar-refractivity contribution is -0.143. The predicted octanol–water partition coefficient (Wildman–Crippen LogP) is 9.36. The normalized spacial score (nSPS) is 20.3. The maximum atomic E-state index is 14.4. The van der Waals surface area contributed by atoms with Crippen LogP contribution in [0, 0.1) is 22.5 Å². The fraction of sp³-hybridized carbons (Fsp3) is 0.562. The number of likely N-dealkylation sites (N-methyl/N-ethyl adjacent to an activating group) is 3. The number of nitrogens with zero attached hydrogens (tertiary/aromatic N) is 6. The number of halogens is 2. The molecule has 4 fully saturated rings. The van der Waals surface area contributed by atoms with E-state index in [1.165, 1.54) is 41.1 Å². The van der Waals surface area contributed by atoms with Gasteiger partial charge in [-0.1, -0.05) is 126 Å². The summed E-state index contributed by atoms with van der Waals surface area (Å²) >= 11 is 0. The van der Waals surface area contributed by atoms with Crippen LogP contribution in [-0.4, -0.2) is 203 Å². The molecule has 0 bridgehead atoms. The summed E-state index contributed by atoms with van der Waals surface area (Å²) in [5.74, 6) is -1.76. The summed E-state index contributed by atoms with van der Waals surface area (Å²) in [6, 6.07) is 26.1. The Morgan fingerprint density at radius 2 is 1.00 bits per heavy atom. The third-order valence-corrected chi connectivity index (χ3v) is 17.4. The van der Waals surface area contributed by atoms with Crippen molar-refractivity contribution in [1.82, 2.24) is 40.0 Å². The zero-order valence-corrected chi connectivity index (χ0v) is 59.6. The highest BCUT2D eigenvalue weighted by atomic mass is 19.1. The smallest absolute Gasteiger partial charge is 0.410 e. The molecule has 1 unspecified atom stereocenters. The van der Waals surface area contributed by atoms with Crippen LogP contribution in [0.2, 0.25) is 0 Å². The number of ether oxygens (including phenoxy) is 5. The van der Waals surface area contributed by atoms with Crippen molar-refractivity contribution < 1.29 is 70.8 Å². The maximum Gasteiger partial charge on any atom is 0.410 e. The van der Waals surface area contributed by atoms with Crippen LogP contribution >= 0.6 is 0 Å². The molecule has 4 aliphatic rings. The molecule has 4 aliphatic heterocycles. The van der Waals surface area contributed by atoms with Crippen LogP contribution in [0.1, 0.15) is 137 Å². The molecule has 10 atom stereocenters. The molecule has 4 N–H and O–H groups in total. The van der Waals surface area contributed by atoms with Gasteiger partial charge in [0.05, 0.1) is 81.3 Å². The van der Waals surface area contributed by atoms with Gasteiger partial charge in [-0.15, -0.1) is 0 Å². The molecule has 0 radical (unpaired) electrons. The largest absolute Gasteiger partial charge is 0.445 e. The number of hydrogen-bond donors (Lipinski definition) is 3. The van der Waals surface area contributed by atoms with Gasteiger partial charge in [-0.2, -0.15) is 0 Å². The van der Waals surface area contributed by atoms with E-state index in [2.05, 4.69) is 10.6 Å². The Morgan fingerprint density at radius 3 is 1.41 bits per heavy atom. The second kappa shape index (κ2) is 33.5. The van der Waals surface area contributed by atoms with E-state index in [1.54, 1.807) is 105 Å². The SMILES string of the molecule is CC(C)(C)OC(=O)N1C[C@H](OCc2ccc(F)cc2)[C@@H]2[C@H]1CCN2C(=O)[C@@H](N)C(C)(C)C.CNC(C)C(=O)N(C)CC(=O)c1ccccc1.C[C@@H](C(=O)N[C@H](C(=O)N1CC[C@@H]2[C@H]1[C@@H](OCc1ccc(F)cc1)CN2C(=O)OC(C)(C)C)C(C)(C)C)N(C)C(=O)OCc1ccccc1. The predicted molar refractivity (Wildman–Crippen MR) is 363 cm³/mol. The number of nitrogens with two attached hydrogens (primary N) is 1. The summed E-state index contributed by atoms with van der Waals surface area (Å²) in [4.78, 5) is 113. The summed E-state index contributed by atoms with van der Waals surface area (Å²) in [5.41, 5.74) is 6.87. The van der Waals surface area contributed by atoms with Crippen LogP contribution < -0.4 is 16.4 Å². The van der Waals surface area contributed by atoms with Crippen molar-refractivity contribution in [3.8, 4) is 0 Å². The van der Waals surface area contributed by atoms with E-state index in [0.29, 0.717) is 38.0 Å². The molecule has 0 saturated carbocycles. The molecule has 0 aliphatic carbocycles. The van der Waals surface area contributed by atoms with Crippen molar-refractivity contribution in [3.05, 3.63) is 143 Å². The average molecular weight is 1350 g/mol. The van der Waals surface area contributed by atoms with Crippen LogP contribution in [0.5, 0.6) is 0 Å². The second-order valence-electron chi connectivity index (χ2n) is 29.4. The van der Waals surface area contributed by atoms with Gasteiger partial charge in [-0.3, -0.25) is 28.9 Å². The van der Waals surface area contributed by atoms with Crippen LogP contribution in [-0.2, 0) is 62.7 Å². The van der Waals surface area contributed by atoms with E-state index < -0.39 is 77.2 Å². The number of hydrogen-bond acceptors (Lipinski definition) is 15. The van der Waals surface area contributed by atoms with Gasteiger partial charge < -0.3 is 64.6 Å². The minimum atomic E-state index is -0.951.